The van der Waals surface area contributed by atoms with Crippen molar-refractivity contribution in [2.24, 2.45) is 11.7 Å². The number of hydrogen-bond donors (Lipinski definition) is 1. The molecular formula is C11H18N2O. The van der Waals surface area contributed by atoms with E-state index in [0.717, 1.165) is 24.0 Å². The molecule has 0 spiro atoms. The number of rotatable bonds is 5. The van der Waals surface area contributed by atoms with Crippen LogP contribution in [0.1, 0.15) is 24.4 Å². The van der Waals surface area contributed by atoms with Gasteiger partial charge in [0.1, 0.15) is 11.5 Å². The summed E-state index contributed by atoms with van der Waals surface area (Å²) in [6, 6.07) is 3.98. The molecule has 0 radical (unpaired) electrons. The van der Waals surface area contributed by atoms with E-state index in [1.54, 1.807) is 0 Å². The highest BCUT2D eigenvalue weighted by Gasteiger charge is 2.22. The zero-order valence-electron chi connectivity index (χ0n) is 8.70. The minimum Gasteiger partial charge on any atom is -0.463 e. The van der Waals surface area contributed by atoms with Crippen molar-refractivity contribution in [1.82, 2.24) is 4.90 Å². The van der Waals surface area contributed by atoms with E-state index in [4.69, 9.17) is 10.2 Å². The molecule has 0 amide bonds. The Bertz CT molecular complexity index is 291. The standard InChI is InChI=1S/C11H18N2O/c1-13(7-9-2-3-9)8-11-5-4-10(6-12)14-11/h4-5,9H,2-3,6-8,12H2,1H3. The molecule has 0 bridgehead atoms. The topological polar surface area (TPSA) is 42.4 Å². The van der Waals surface area contributed by atoms with Crippen LogP contribution in [0.3, 0.4) is 0 Å². The smallest absolute Gasteiger partial charge is 0.118 e. The van der Waals surface area contributed by atoms with Gasteiger partial charge in [-0.3, -0.25) is 4.90 Å². The maximum absolute atomic E-state index is 5.54. The Hall–Kier alpha value is -0.800. The summed E-state index contributed by atoms with van der Waals surface area (Å²) in [5.74, 6) is 2.83. The summed E-state index contributed by atoms with van der Waals surface area (Å²) in [5.41, 5.74) is 5.48. The molecule has 2 N–H and O–H groups in total. The zero-order valence-corrected chi connectivity index (χ0v) is 8.70. The van der Waals surface area contributed by atoms with Gasteiger partial charge >= 0.3 is 0 Å². The Balaban J connectivity index is 1.82. The first-order valence-electron chi connectivity index (χ1n) is 5.24. The summed E-state index contributed by atoms with van der Waals surface area (Å²) < 4.78 is 5.54. The third-order valence-corrected chi connectivity index (χ3v) is 2.61. The molecule has 0 atom stereocenters. The van der Waals surface area contributed by atoms with Crippen LogP contribution in [0.4, 0.5) is 0 Å². The van der Waals surface area contributed by atoms with E-state index in [1.165, 1.54) is 19.4 Å². The van der Waals surface area contributed by atoms with Crippen molar-refractivity contribution in [3.05, 3.63) is 23.7 Å². The van der Waals surface area contributed by atoms with Gasteiger partial charge in [-0.2, -0.15) is 0 Å². The predicted molar refractivity (Wildman–Crippen MR) is 55.7 cm³/mol. The fourth-order valence-corrected chi connectivity index (χ4v) is 1.69. The van der Waals surface area contributed by atoms with E-state index >= 15 is 0 Å². The molecule has 3 heteroatoms. The molecule has 1 heterocycles. The summed E-state index contributed by atoms with van der Waals surface area (Å²) in [6.45, 7) is 2.58. The van der Waals surface area contributed by atoms with E-state index in [1.807, 2.05) is 12.1 Å². The zero-order chi connectivity index (χ0) is 9.97. The molecule has 1 aliphatic carbocycles. The number of hydrogen-bond acceptors (Lipinski definition) is 3. The van der Waals surface area contributed by atoms with Gasteiger partial charge in [0.15, 0.2) is 0 Å². The average molecular weight is 194 g/mol. The second-order valence-electron chi connectivity index (χ2n) is 4.21. The Morgan fingerprint density at radius 3 is 2.71 bits per heavy atom. The molecule has 1 aliphatic rings. The molecule has 0 saturated heterocycles. The van der Waals surface area contributed by atoms with Gasteiger partial charge in [-0.1, -0.05) is 0 Å². The quantitative estimate of drug-likeness (QED) is 0.773. The molecule has 14 heavy (non-hydrogen) atoms. The second kappa shape index (κ2) is 4.15. The summed E-state index contributed by atoms with van der Waals surface area (Å²) in [5, 5.41) is 0. The highest BCUT2D eigenvalue weighted by molar-refractivity contribution is 5.06. The first kappa shape index (κ1) is 9.74. The Labute approximate surface area is 84.9 Å². The van der Waals surface area contributed by atoms with Gasteiger partial charge in [0.25, 0.3) is 0 Å². The summed E-state index contributed by atoms with van der Waals surface area (Å²) in [7, 11) is 2.14. The van der Waals surface area contributed by atoms with Gasteiger partial charge in [0.05, 0.1) is 13.1 Å². The third kappa shape index (κ3) is 2.59. The maximum atomic E-state index is 5.54. The lowest BCUT2D eigenvalue weighted by atomic mass is 10.3. The Kier molecular flexibility index (Phi) is 2.89. The normalized spacial score (nSPS) is 16.5. The van der Waals surface area contributed by atoms with Crippen molar-refractivity contribution >= 4 is 0 Å². The molecular weight excluding hydrogens is 176 g/mol. The van der Waals surface area contributed by atoms with Crippen LogP contribution < -0.4 is 5.73 Å². The number of furan rings is 1. The molecule has 78 valence electrons. The molecule has 1 aromatic rings. The lowest BCUT2D eigenvalue weighted by molar-refractivity contribution is 0.280. The van der Waals surface area contributed by atoms with Gasteiger partial charge in [0, 0.05) is 6.54 Å². The van der Waals surface area contributed by atoms with Gasteiger partial charge in [0.2, 0.25) is 0 Å². The fourth-order valence-electron chi connectivity index (χ4n) is 1.69. The summed E-state index contributed by atoms with van der Waals surface area (Å²) >= 11 is 0. The van der Waals surface area contributed by atoms with Gasteiger partial charge in [-0.25, -0.2) is 0 Å². The maximum Gasteiger partial charge on any atom is 0.118 e. The first-order chi connectivity index (χ1) is 6.78. The van der Waals surface area contributed by atoms with E-state index in [0.29, 0.717) is 6.54 Å². The van der Waals surface area contributed by atoms with Crippen molar-refractivity contribution < 1.29 is 4.42 Å². The van der Waals surface area contributed by atoms with Gasteiger partial charge in [-0.05, 0) is 37.9 Å². The van der Waals surface area contributed by atoms with Crippen LogP contribution >= 0.6 is 0 Å². The average Bonchev–Trinajstić information content (AvgIpc) is 2.83. The largest absolute Gasteiger partial charge is 0.463 e. The van der Waals surface area contributed by atoms with E-state index in [9.17, 15) is 0 Å². The van der Waals surface area contributed by atoms with Crippen molar-refractivity contribution in [2.75, 3.05) is 13.6 Å². The van der Waals surface area contributed by atoms with Crippen molar-refractivity contribution in [1.29, 1.82) is 0 Å². The number of nitrogens with zero attached hydrogens (tertiary/aromatic N) is 1. The molecule has 0 aromatic carbocycles. The third-order valence-electron chi connectivity index (χ3n) is 2.61. The highest BCUT2D eigenvalue weighted by Crippen LogP contribution is 2.29. The van der Waals surface area contributed by atoms with Crippen LogP contribution in [0, 0.1) is 5.92 Å². The van der Waals surface area contributed by atoms with Crippen LogP contribution in [0.25, 0.3) is 0 Å². The summed E-state index contributed by atoms with van der Waals surface area (Å²) in [4.78, 5) is 2.32. The van der Waals surface area contributed by atoms with Crippen LogP contribution in [0.2, 0.25) is 0 Å². The molecule has 3 nitrogen and oxygen atoms in total. The minimum atomic E-state index is 0.492. The SMILES string of the molecule is CN(Cc1ccc(CN)o1)CC1CC1. The molecule has 1 aromatic heterocycles. The van der Waals surface area contributed by atoms with Crippen LogP contribution in [0.15, 0.2) is 16.5 Å². The van der Waals surface area contributed by atoms with Crippen LogP contribution in [-0.4, -0.2) is 18.5 Å². The molecule has 1 fully saturated rings. The van der Waals surface area contributed by atoms with Crippen LogP contribution in [-0.2, 0) is 13.1 Å². The van der Waals surface area contributed by atoms with E-state index in [2.05, 4.69) is 11.9 Å². The molecule has 2 rings (SSSR count). The fraction of sp³-hybridized carbons (Fsp3) is 0.636. The Morgan fingerprint density at radius 1 is 1.43 bits per heavy atom. The van der Waals surface area contributed by atoms with E-state index in [-0.39, 0.29) is 0 Å². The first-order valence-corrected chi connectivity index (χ1v) is 5.24. The van der Waals surface area contributed by atoms with Crippen molar-refractivity contribution in [3.63, 3.8) is 0 Å². The lowest BCUT2D eigenvalue weighted by Gasteiger charge is -2.13. The monoisotopic (exact) mass is 194 g/mol. The van der Waals surface area contributed by atoms with E-state index < -0.39 is 0 Å². The van der Waals surface area contributed by atoms with Gasteiger partial charge in [-0.15, -0.1) is 0 Å². The predicted octanol–water partition coefficient (Wildman–Crippen LogP) is 1.58. The summed E-state index contributed by atoms with van der Waals surface area (Å²) in [6.07, 6.45) is 2.80. The van der Waals surface area contributed by atoms with Crippen molar-refractivity contribution in [3.8, 4) is 0 Å². The number of nitrogens with two attached hydrogens (primary N) is 1. The molecule has 1 saturated carbocycles. The van der Waals surface area contributed by atoms with Gasteiger partial charge < -0.3 is 10.2 Å². The molecule has 0 unspecified atom stereocenters. The molecule has 0 aliphatic heterocycles. The van der Waals surface area contributed by atoms with Crippen LogP contribution in [0.5, 0.6) is 0 Å². The second-order valence-corrected chi connectivity index (χ2v) is 4.21. The highest BCUT2D eigenvalue weighted by atomic mass is 16.3. The Morgan fingerprint density at radius 2 is 2.14 bits per heavy atom. The lowest BCUT2D eigenvalue weighted by Crippen LogP contribution is -2.19. The minimum absolute atomic E-state index is 0.492. The van der Waals surface area contributed by atoms with Crippen molar-refractivity contribution in [2.45, 2.75) is 25.9 Å².